The minimum atomic E-state index is 0.128. The number of nitrogens with zero attached hydrogens (tertiary/aromatic N) is 1. The van der Waals surface area contributed by atoms with Gasteiger partial charge in [0.2, 0.25) is 0 Å². The van der Waals surface area contributed by atoms with Crippen LogP contribution in [0.5, 0.6) is 0 Å². The van der Waals surface area contributed by atoms with Gasteiger partial charge in [0.05, 0.1) is 0 Å². The van der Waals surface area contributed by atoms with Gasteiger partial charge < -0.3 is 11.1 Å². The summed E-state index contributed by atoms with van der Waals surface area (Å²) in [7, 11) is 0. The molecule has 0 amide bonds. The van der Waals surface area contributed by atoms with Crippen LogP contribution in [0.4, 0.5) is 0 Å². The van der Waals surface area contributed by atoms with E-state index in [0.29, 0.717) is 5.96 Å². The van der Waals surface area contributed by atoms with E-state index in [2.05, 4.69) is 24.2 Å². The molecule has 1 rings (SSSR count). The zero-order valence-corrected chi connectivity index (χ0v) is 8.22. The molecule has 0 heterocycles. The highest BCUT2D eigenvalue weighted by Crippen LogP contribution is 2.38. The number of guanidine groups is 1. The summed E-state index contributed by atoms with van der Waals surface area (Å²) in [5.74, 6) is 1.36. The van der Waals surface area contributed by atoms with Crippen molar-refractivity contribution in [1.82, 2.24) is 5.32 Å². The van der Waals surface area contributed by atoms with Crippen molar-refractivity contribution in [2.45, 2.75) is 39.2 Å². The summed E-state index contributed by atoms with van der Waals surface area (Å²) in [5, 5.41) is 3.25. The Kier molecular flexibility index (Phi) is 2.60. The molecule has 0 radical (unpaired) electrons. The molecule has 1 aliphatic carbocycles. The largest absolute Gasteiger partial charge is 0.370 e. The van der Waals surface area contributed by atoms with E-state index in [4.69, 9.17) is 5.73 Å². The lowest BCUT2D eigenvalue weighted by Gasteiger charge is -2.26. The van der Waals surface area contributed by atoms with Crippen molar-refractivity contribution in [2.75, 3.05) is 6.54 Å². The minimum Gasteiger partial charge on any atom is -0.370 e. The fourth-order valence-corrected chi connectivity index (χ4v) is 1.45. The van der Waals surface area contributed by atoms with Crippen molar-refractivity contribution in [2.24, 2.45) is 16.6 Å². The standard InChI is InChI=1S/C9H19N3/c1-4-11-8(10)12-9(2,3)7-5-6-7/h7H,4-6H2,1-3H3,(H3,10,11,12). The Morgan fingerprint density at radius 3 is 2.58 bits per heavy atom. The highest BCUT2D eigenvalue weighted by atomic mass is 15.1. The van der Waals surface area contributed by atoms with Gasteiger partial charge >= 0.3 is 0 Å². The number of hydrogen-bond acceptors (Lipinski definition) is 1. The maximum Gasteiger partial charge on any atom is 0.188 e. The molecule has 0 unspecified atom stereocenters. The first-order valence-corrected chi connectivity index (χ1v) is 4.64. The number of rotatable bonds is 3. The molecule has 0 aliphatic heterocycles. The maximum atomic E-state index is 5.67. The first-order chi connectivity index (χ1) is 5.56. The van der Waals surface area contributed by atoms with Gasteiger partial charge in [0.25, 0.3) is 0 Å². The van der Waals surface area contributed by atoms with Crippen LogP contribution in [0.25, 0.3) is 0 Å². The molecular formula is C9H19N3. The molecule has 0 atom stereocenters. The van der Waals surface area contributed by atoms with E-state index in [-0.39, 0.29) is 5.54 Å². The number of nitrogens with two attached hydrogens (primary N) is 1. The third-order valence-corrected chi connectivity index (χ3v) is 2.38. The number of aliphatic imine (C=N–C) groups is 1. The molecule has 0 spiro atoms. The Morgan fingerprint density at radius 1 is 1.58 bits per heavy atom. The van der Waals surface area contributed by atoms with Crippen LogP contribution in [-0.4, -0.2) is 18.0 Å². The molecule has 0 bridgehead atoms. The summed E-state index contributed by atoms with van der Waals surface area (Å²) >= 11 is 0. The van der Waals surface area contributed by atoms with Crippen molar-refractivity contribution in [1.29, 1.82) is 0 Å². The summed E-state index contributed by atoms with van der Waals surface area (Å²) < 4.78 is 0. The smallest absolute Gasteiger partial charge is 0.188 e. The molecule has 3 heteroatoms. The number of hydrogen-bond donors (Lipinski definition) is 2. The van der Waals surface area contributed by atoms with E-state index < -0.39 is 0 Å². The summed E-state index contributed by atoms with van der Waals surface area (Å²) in [6.45, 7) is 7.10. The molecular weight excluding hydrogens is 150 g/mol. The fourth-order valence-electron chi connectivity index (χ4n) is 1.45. The second-order valence-corrected chi connectivity index (χ2v) is 3.98. The average molecular weight is 169 g/mol. The quantitative estimate of drug-likeness (QED) is 0.491. The third kappa shape index (κ3) is 2.40. The van der Waals surface area contributed by atoms with Gasteiger partial charge in [-0.1, -0.05) is 0 Å². The van der Waals surface area contributed by atoms with E-state index in [9.17, 15) is 0 Å². The molecule has 0 aromatic carbocycles. The molecule has 0 aromatic heterocycles. The Morgan fingerprint density at radius 2 is 2.17 bits per heavy atom. The molecule has 70 valence electrons. The van der Waals surface area contributed by atoms with Crippen molar-refractivity contribution < 1.29 is 0 Å². The van der Waals surface area contributed by atoms with Crippen LogP contribution in [0.2, 0.25) is 0 Å². The number of nitrogens with one attached hydrogen (secondary N) is 1. The van der Waals surface area contributed by atoms with Crippen LogP contribution in [0.1, 0.15) is 33.6 Å². The Balaban J connectivity index is 2.42. The van der Waals surface area contributed by atoms with Crippen LogP contribution in [0, 0.1) is 5.92 Å². The average Bonchev–Trinajstić information content (AvgIpc) is 2.65. The lowest BCUT2D eigenvalue weighted by atomic mass is 9.99. The normalized spacial score (nSPS) is 19.4. The third-order valence-electron chi connectivity index (χ3n) is 2.38. The predicted octanol–water partition coefficient (Wildman–Crippen LogP) is 1.10. The summed E-state index contributed by atoms with van der Waals surface area (Å²) in [6.07, 6.45) is 2.64. The van der Waals surface area contributed by atoms with Crippen LogP contribution in [-0.2, 0) is 0 Å². The minimum absolute atomic E-state index is 0.128. The van der Waals surface area contributed by atoms with Gasteiger partial charge in [-0.2, -0.15) is 0 Å². The summed E-state index contributed by atoms with van der Waals surface area (Å²) in [4.78, 5) is 4.10. The van der Waals surface area contributed by atoms with Crippen molar-refractivity contribution in [3.63, 3.8) is 0 Å². The van der Waals surface area contributed by atoms with Gasteiger partial charge in [-0.3, -0.25) is 4.99 Å². The molecule has 1 saturated carbocycles. The zero-order chi connectivity index (χ0) is 9.19. The summed E-state index contributed by atoms with van der Waals surface area (Å²) in [5.41, 5.74) is 5.80. The van der Waals surface area contributed by atoms with Gasteiger partial charge in [-0.15, -0.1) is 0 Å². The lowest BCUT2D eigenvalue weighted by molar-refractivity contribution is 0.400. The van der Waals surface area contributed by atoms with E-state index in [1.807, 2.05) is 6.92 Å². The second-order valence-electron chi connectivity index (χ2n) is 3.98. The molecule has 0 aromatic rings. The van der Waals surface area contributed by atoms with Gasteiger partial charge in [0, 0.05) is 12.1 Å². The second kappa shape index (κ2) is 3.33. The Labute approximate surface area is 74.4 Å². The molecule has 1 fully saturated rings. The fraction of sp³-hybridized carbons (Fsp3) is 0.889. The lowest BCUT2D eigenvalue weighted by Crippen LogP contribution is -2.48. The van der Waals surface area contributed by atoms with Crippen molar-refractivity contribution >= 4 is 5.96 Å². The van der Waals surface area contributed by atoms with Crippen LogP contribution >= 0.6 is 0 Å². The topological polar surface area (TPSA) is 50.4 Å². The van der Waals surface area contributed by atoms with Gasteiger partial charge in [-0.05, 0) is 39.5 Å². The van der Waals surface area contributed by atoms with Crippen LogP contribution in [0.15, 0.2) is 4.99 Å². The first-order valence-electron chi connectivity index (χ1n) is 4.64. The summed E-state index contributed by atoms with van der Waals surface area (Å²) in [6, 6.07) is 0. The van der Waals surface area contributed by atoms with Crippen LogP contribution in [0.3, 0.4) is 0 Å². The molecule has 3 nitrogen and oxygen atoms in total. The molecule has 12 heavy (non-hydrogen) atoms. The predicted molar refractivity (Wildman–Crippen MR) is 52.1 cm³/mol. The van der Waals surface area contributed by atoms with E-state index in [1.165, 1.54) is 12.8 Å². The Bertz CT molecular complexity index is 180. The van der Waals surface area contributed by atoms with Crippen molar-refractivity contribution in [3.05, 3.63) is 0 Å². The van der Waals surface area contributed by atoms with Crippen molar-refractivity contribution in [3.8, 4) is 0 Å². The van der Waals surface area contributed by atoms with Crippen LogP contribution < -0.4 is 11.1 Å². The van der Waals surface area contributed by atoms with Gasteiger partial charge in [0.15, 0.2) is 5.96 Å². The monoisotopic (exact) mass is 169 g/mol. The SMILES string of the molecule is CCN=C(N)NC(C)(C)C1CC1. The highest BCUT2D eigenvalue weighted by Gasteiger charge is 2.37. The van der Waals surface area contributed by atoms with E-state index in [1.54, 1.807) is 0 Å². The molecule has 0 saturated heterocycles. The van der Waals surface area contributed by atoms with E-state index >= 15 is 0 Å². The maximum absolute atomic E-state index is 5.67. The van der Waals surface area contributed by atoms with Gasteiger partial charge in [-0.25, -0.2) is 0 Å². The molecule has 3 N–H and O–H groups in total. The van der Waals surface area contributed by atoms with Gasteiger partial charge in [0.1, 0.15) is 0 Å². The highest BCUT2D eigenvalue weighted by molar-refractivity contribution is 5.78. The zero-order valence-electron chi connectivity index (χ0n) is 8.22. The van der Waals surface area contributed by atoms with E-state index in [0.717, 1.165) is 12.5 Å². The Hall–Kier alpha value is -0.730. The first kappa shape index (κ1) is 9.36. The molecule has 1 aliphatic rings.